The molecule has 2 rings (SSSR count). The van der Waals surface area contributed by atoms with E-state index in [1.165, 1.54) is 31.3 Å². The minimum atomic E-state index is 0.798. The lowest BCUT2D eigenvalue weighted by Crippen LogP contribution is -1.85. The Hall–Kier alpha value is -1.37. The van der Waals surface area contributed by atoms with Crippen LogP contribution in [0.25, 0.3) is 6.08 Å². The van der Waals surface area contributed by atoms with Gasteiger partial charge in [-0.15, -0.1) is 0 Å². The highest BCUT2D eigenvalue weighted by molar-refractivity contribution is 5.82. The van der Waals surface area contributed by atoms with Gasteiger partial charge in [0.05, 0.1) is 0 Å². The highest BCUT2D eigenvalue weighted by atomic mass is 16.1. The predicted octanol–water partition coefficient (Wildman–Crippen LogP) is 3.46. The standard InChI is InChI=1S/C13H14O/c14-10-13-8-4-3-7-12(13)9-11-5-1-2-6-11/h3-4,7-10H,1-2,5-6H2. The van der Waals surface area contributed by atoms with Crippen molar-refractivity contribution >= 4 is 12.4 Å². The Morgan fingerprint density at radius 3 is 2.29 bits per heavy atom. The van der Waals surface area contributed by atoms with Gasteiger partial charge in [-0.05, 0) is 31.2 Å². The van der Waals surface area contributed by atoms with Crippen LogP contribution in [0, 0.1) is 0 Å². The van der Waals surface area contributed by atoms with Crippen molar-refractivity contribution in [1.82, 2.24) is 0 Å². The van der Waals surface area contributed by atoms with E-state index in [1.807, 2.05) is 24.3 Å². The van der Waals surface area contributed by atoms with E-state index in [1.54, 1.807) is 0 Å². The topological polar surface area (TPSA) is 17.1 Å². The summed E-state index contributed by atoms with van der Waals surface area (Å²) in [6, 6.07) is 7.76. The van der Waals surface area contributed by atoms with E-state index in [0.29, 0.717) is 0 Å². The van der Waals surface area contributed by atoms with Crippen LogP contribution in [0.15, 0.2) is 29.8 Å². The fourth-order valence-corrected chi connectivity index (χ4v) is 1.94. The van der Waals surface area contributed by atoms with Crippen LogP contribution < -0.4 is 0 Å². The summed E-state index contributed by atoms with van der Waals surface area (Å²) in [5.41, 5.74) is 3.35. The number of aldehydes is 1. The molecule has 14 heavy (non-hydrogen) atoms. The number of hydrogen-bond donors (Lipinski definition) is 0. The summed E-state index contributed by atoms with van der Waals surface area (Å²) >= 11 is 0. The maximum atomic E-state index is 10.8. The van der Waals surface area contributed by atoms with Crippen LogP contribution in [0.3, 0.4) is 0 Å². The Kier molecular flexibility index (Phi) is 2.78. The van der Waals surface area contributed by atoms with Gasteiger partial charge in [0.2, 0.25) is 0 Å². The molecule has 0 atom stereocenters. The average Bonchev–Trinajstić information content (AvgIpc) is 2.71. The third-order valence-electron chi connectivity index (χ3n) is 2.73. The van der Waals surface area contributed by atoms with Gasteiger partial charge in [0.1, 0.15) is 0 Å². The zero-order valence-corrected chi connectivity index (χ0v) is 8.20. The minimum Gasteiger partial charge on any atom is -0.298 e. The second kappa shape index (κ2) is 4.23. The zero-order valence-electron chi connectivity index (χ0n) is 8.20. The summed E-state index contributed by atoms with van der Waals surface area (Å²) in [6.07, 6.45) is 8.11. The van der Waals surface area contributed by atoms with E-state index in [2.05, 4.69) is 6.08 Å². The van der Waals surface area contributed by atoms with E-state index in [9.17, 15) is 4.79 Å². The lowest BCUT2D eigenvalue weighted by Gasteiger charge is -2.00. The highest BCUT2D eigenvalue weighted by Crippen LogP contribution is 2.26. The largest absolute Gasteiger partial charge is 0.298 e. The van der Waals surface area contributed by atoms with Crippen molar-refractivity contribution in [3.05, 3.63) is 41.0 Å². The summed E-state index contributed by atoms with van der Waals surface area (Å²) in [5.74, 6) is 0. The maximum absolute atomic E-state index is 10.8. The first-order valence-electron chi connectivity index (χ1n) is 5.14. The van der Waals surface area contributed by atoms with Crippen LogP contribution in [0.2, 0.25) is 0 Å². The molecule has 0 radical (unpaired) electrons. The van der Waals surface area contributed by atoms with Gasteiger partial charge in [0.25, 0.3) is 0 Å². The van der Waals surface area contributed by atoms with Gasteiger partial charge in [-0.1, -0.05) is 35.9 Å². The number of allylic oxidation sites excluding steroid dienone is 1. The number of carbonyl (C=O) groups is 1. The zero-order chi connectivity index (χ0) is 9.80. The third-order valence-corrected chi connectivity index (χ3v) is 2.73. The molecule has 1 nitrogen and oxygen atoms in total. The molecule has 0 N–H and O–H groups in total. The van der Waals surface area contributed by atoms with Crippen LogP contribution in [-0.4, -0.2) is 6.29 Å². The van der Waals surface area contributed by atoms with Crippen molar-refractivity contribution in [3.8, 4) is 0 Å². The van der Waals surface area contributed by atoms with Gasteiger partial charge in [-0.3, -0.25) is 4.79 Å². The molecule has 0 aromatic heterocycles. The smallest absolute Gasteiger partial charge is 0.150 e. The van der Waals surface area contributed by atoms with Crippen molar-refractivity contribution in [3.63, 3.8) is 0 Å². The Morgan fingerprint density at radius 2 is 1.64 bits per heavy atom. The van der Waals surface area contributed by atoms with E-state index in [-0.39, 0.29) is 0 Å². The number of carbonyl (C=O) groups excluding carboxylic acids is 1. The van der Waals surface area contributed by atoms with Crippen molar-refractivity contribution in [2.75, 3.05) is 0 Å². The Bertz CT molecular complexity index is 355. The summed E-state index contributed by atoms with van der Waals surface area (Å²) in [5, 5.41) is 0. The molecule has 0 bridgehead atoms. The average molecular weight is 186 g/mol. The summed E-state index contributed by atoms with van der Waals surface area (Å²) in [4.78, 5) is 10.8. The van der Waals surface area contributed by atoms with Gasteiger partial charge in [-0.2, -0.15) is 0 Å². The Labute approximate surface area is 84.5 Å². The first-order chi connectivity index (χ1) is 6.90. The molecule has 0 saturated heterocycles. The molecular weight excluding hydrogens is 172 g/mol. The molecule has 1 aromatic carbocycles. The molecule has 0 aliphatic heterocycles. The first kappa shape index (κ1) is 9.20. The summed E-state index contributed by atoms with van der Waals surface area (Å²) < 4.78 is 0. The lowest BCUT2D eigenvalue weighted by atomic mass is 10.0. The second-order valence-corrected chi connectivity index (χ2v) is 3.76. The van der Waals surface area contributed by atoms with Crippen molar-refractivity contribution in [2.24, 2.45) is 0 Å². The van der Waals surface area contributed by atoms with E-state index >= 15 is 0 Å². The van der Waals surface area contributed by atoms with Crippen LogP contribution >= 0.6 is 0 Å². The molecule has 0 amide bonds. The minimum absolute atomic E-state index is 0.798. The Balaban J connectivity index is 2.31. The summed E-state index contributed by atoms with van der Waals surface area (Å²) in [6.45, 7) is 0. The molecule has 1 aromatic rings. The quantitative estimate of drug-likeness (QED) is 0.646. The molecule has 0 heterocycles. The molecule has 1 aliphatic carbocycles. The first-order valence-corrected chi connectivity index (χ1v) is 5.14. The van der Waals surface area contributed by atoms with Gasteiger partial charge in [0.15, 0.2) is 6.29 Å². The van der Waals surface area contributed by atoms with Gasteiger partial charge >= 0.3 is 0 Å². The van der Waals surface area contributed by atoms with Crippen LogP contribution in [0.5, 0.6) is 0 Å². The van der Waals surface area contributed by atoms with Gasteiger partial charge in [0, 0.05) is 5.56 Å². The molecule has 0 unspecified atom stereocenters. The van der Waals surface area contributed by atoms with Crippen LogP contribution in [-0.2, 0) is 0 Å². The van der Waals surface area contributed by atoms with Crippen molar-refractivity contribution in [1.29, 1.82) is 0 Å². The molecule has 72 valence electrons. The van der Waals surface area contributed by atoms with E-state index in [4.69, 9.17) is 0 Å². The fraction of sp³-hybridized carbons (Fsp3) is 0.308. The molecule has 1 aliphatic rings. The SMILES string of the molecule is O=Cc1ccccc1C=C1CCCC1. The van der Waals surface area contributed by atoms with Crippen molar-refractivity contribution < 1.29 is 4.79 Å². The normalized spacial score (nSPS) is 15.6. The number of rotatable bonds is 2. The highest BCUT2D eigenvalue weighted by Gasteiger charge is 2.07. The number of benzene rings is 1. The van der Waals surface area contributed by atoms with Crippen molar-refractivity contribution in [2.45, 2.75) is 25.7 Å². The lowest BCUT2D eigenvalue weighted by molar-refractivity contribution is 0.112. The number of hydrogen-bond acceptors (Lipinski definition) is 1. The molecule has 0 spiro atoms. The Morgan fingerprint density at radius 1 is 1.00 bits per heavy atom. The van der Waals surface area contributed by atoms with E-state index < -0.39 is 0 Å². The molecular formula is C13H14O. The van der Waals surface area contributed by atoms with Crippen LogP contribution in [0.1, 0.15) is 41.6 Å². The predicted molar refractivity (Wildman–Crippen MR) is 58.3 cm³/mol. The van der Waals surface area contributed by atoms with Gasteiger partial charge < -0.3 is 0 Å². The monoisotopic (exact) mass is 186 g/mol. The summed E-state index contributed by atoms with van der Waals surface area (Å²) in [7, 11) is 0. The van der Waals surface area contributed by atoms with Gasteiger partial charge in [-0.25, -0.2) is 0 Å². The van der Waals surface area contributed by atoms with Crippen LogP contribution in [0.4, 0.5) is 0 Å². The second-order valence-electron chi connectivity index (χ2n) is 3.76. The maximum Gasteiger partial charge on any atom is 0.150 e. The fourth-order valence-electron chi connectivity index (χ4n) is 1.94. The molecule has 1 heteroatoms. The molecule has 1 fully saturated rings. The van der Waals surface area contributed by atoms with E-state index in [0.717, 1.165) is 17.4 Å². The molecule has 1 saturated carbocycles. The third kappa shape index (κ3) is 1.92.